The summed E-state index contributed by atoms with van der Waals surface area (Å²) in [5, 5.41) is 25.7. The smallest absolute Gasteiger partial charge is 0.323 e. The van der Waals surface area contributed by atoms with E-state index in [1.54, 1.807) is 0 Å². The van der Waals surface area contributed by atoms with E-state index in [9.17, 15) is 50.5 Å². The van der Waals surface area contributed by atoms with Crippen molar-refractivity contribution < 1.29 is 50.5 Å². The van der Waals surface area contributed by atoms with Gasteiger partial charge in [0.15, 0.2) is 0 Å². The van der Waals surface area contributed by atoms with E-state index in [2.05, 4.69) is 20.6 Å². The number of nitrogens with one attached hydrogen (secondary N) is 2. The molecule has 0 heterocycles. The van der Waals surface area contributed by atoms with Gasteiger partial charge in [-0.25, -0.2) is 14.8 Å². The number of aliphatic hydroxyl groups excluding tert-OH is 2. The van der Waals surface area contributed by atoms with Crippen LogP contribution in [0.1, 0.15) is 33.6 Å². The molecule has 0 aliphatic heterocycles. The minimum absolute atomic E-state index is 0.0946. The standard InChI is InChI=1S/C35H26N4O11S2/c40-31-13-11-29(25-9-7-23(17-27(25)31)51(45,46)47)38-33(42)19-3-1-5-21(15-19)36-35(44)37-22-6-2-4-20(16-22)34(43)39-30-12-14-32(41)28-18-24(52(48,49)50)8-10-26(28)30/h1-16,40-41H,17-18H2,(H2,36,37,44)(H,45,46,47)(H,48,49,50). The summed E-state index contributed by atoms with van der Waals surface area (Å²) >= 11 is 0. The van der Waals surface area contributed by atoms with Crippen molar-refractivity contribution in [1.29, 1.82) is 0 Å². The SMILES string of the molecule is O=C(Nc1cccc(C(=O)N=C2C=CC(O)=C3CC(S(=O)(=O)O)=CC=C23)c1)Nc1cccc(C(=O)N=C2C=CC(O)=C3CC(S(=O)(=O)O)=CC=C23)c1. The van der Waals surface area contributed by atoms with Crippen LogP contribution < -0.4 is 10.6 Å². The molecule has 2 aromatic rings. The zero-order chi connectivity index (χ0) is 37.4. The molecule has 17 heteroatoms. The van der Waals surface area contributed by atoms with Gasteiger partial charge in [-0.1, -0.05) is 24.3 Å². The number of carbonyl (C=O) groups excluding carboxylic acids is 3. The van der Waals surface area contributed by atoms with Gasteiger partial charge in [-0.05, 0) is 72.9 Å². The van der Waals surface area contributed by atoms with Crippen LogP contribution in [-0.2, 0) is 20.2 Å². The molecule has 0 fully saturated rings. The van der Waals surface area contributed by atoms with Gasteiger partial charge in [0.2, 0.25) is 0 Å². The number of nitrogens with zero attached hydrogens (tertiary/aromatic N) is 2. The van der Waals surface area contributed by atoms with Crippen LogP contribution in [0.4, 0.5) is 16.2 Å². The third kappa shape index (κ3) is 7.72. The van der Waals surface area contributed by atoms with Gasteiger partial charge >= 0.3 is 6.03 Å². The number of urea groups is 1. The summed E-state index contributed by atoms with van der Waals surface area (Å²) in [7, 11) is -8.99. The van der Waals surface area contributed by atoms with Crippen LogP contribution in [0.25, 0.3) is 0 Å². The Morgan fingerprint density at radius 1 is 0.596 bits per heavy atom. The Balaban J connectivity index is 1.14. The van der Waals surface area contributed by atoms with Crippen molar-refractivity contribution in [3.63, 3.8) is 0 Å². The molecule has 52 heavy (non-hydrogen) atoms. The molecule has 4 amide bonds. The lowest BCUT2D eigenvalue weighted by Gasteiger charge is -2.21. The van der Waals surface area contributed by atoms with E-state index >= 15 is 0 Å². The van der Waals surface area contributed by atoms with Gasteiger partial charge in [0, 0.05) is 57.6 Å². The number of rotatable bonds is 6. The fraction of sp³-hybridized carbons (Fsp3) is 0.0571. The van der Waals surface area contributed by atoms with Gasteiger partial charge in [-0.2, -0.15) is 16.8 Å². The summed E-state index contributed by atoms with van der Waals surface area (Å²) in [6, 6.07) is 11.0. The van der Waals surface area contributed by atoms with Crippen molar-refractivity contribution in [1.82, 2.24) is 0 Å². The highest BCUT2D eigenvalue weighted by atomic mass is 32.2. The maximum atomic E-state index is 13.1. The van der Waals surface area contributed by atoms with Crippen molar-refractivity contribution in [3.05, 3.63) is 152 Å². The highest BCUT2D eigenvalue weighted by molar-refractivity contribution is 7.90. The second kappa shape index (κ2) is 13.8. The number of fused-ring (bicyclic) bond motifs is 2. The average Bonchev–Trinajstić information content (AvgIpc) is 3.09. The van der Waals surface area contributed by atoms with Gasteiger partial charge in [-0.15, -0.1) is 0 Å². The summed E-state index contributed by atoms with van der Waals surface area (Å²) in [6.45, 7) is 0. The Hall–Kier alpha value is -6.27. The largest absolute Gasteiger partial charge is 0.508 e. The van der Waals surface area contributed by atoms with Crippen molar-refractivity contribution >= 4 is 60.9 Å². The minimum Gasteiger partial charge on any atom is -0.508 e. The Labute approximate surface area is 296 Å². The number of amides is 4. The lowest BCUT2D eigenvalue weighted by atomic mass is 9.89. The molecular weight excluding hydrogens is 717 g/mol. The Bertz CT molecular complexity index is 2360. The van der Waals surface area contributed by atoms with Crippen LogP contribution in [0.5, 0.6) is 0 Å². The molecule has 0 saturated heterocycles. The third-order valence-corrected chi connectivity index (χ3v) is 9.92. The molecular formula is C35H26N4O11S2. The molecule has 0 bridgehead atoms. The Kier molecular flexibility index (Phi) is 9.44. The van der Waals surface area contributed by atoms with Crippen LogP contribution in [0.2, 0.25) is 0 Å². The quantitative estimate of drug-likeness (QED) is 0.203. The normalized spacial score (nSPS) is 18.6. The van der Waals surface area contributed by atoms with Gasteiger partial charge in [0.1, 0.15) is 11.5 Å². The second-order valence-electron chi connectivity index (χ2n) is 11.5. The Morgan fingerprint density at radius 2 is 1.00 bits per heavy atom. The predicted molar refractivity (Wildman–Crippen MR) is 191 cm³/mol. The molecule has 6 rings (SSSR count). The monoisotopic (exact) mass is 742 g/mol. The fourth-order valence-corrected chi connectivity index (χ4v) is 6.63. The van der Waals surface area contributed by atoms with E-state index < -0.39 is 38.1 Å². The number of benzene rings is 2. The molecule has 4 aliphatic rings. The van der Waals surface area contributed by atoms with E-state index in [1.807, 2.05) is 0 Å². The highest BCUT2D eigenvalue weighted by Crippen LogP contribution is 2.35. The topological polar surface area (TPSA) is 249 Å². The maximum Gasteiger partial charge on any atom is 0.323 e. The van der Waals surface area contributed by atoms with Crippen LogP contribution in [-0.4, -0.2) is 65.4 Å². The van der Waals surface area contributed by atoms with E-state index in [0.29, 0.717) is 11.1 Å². The van der Waals surface area contributed by atoms with Crippen molar-refractivity contribution in [3.8, 4) is 0 Å². The summed E-state index contributed by atoms with van der Waals surface area (Å²) in [5.41, 5.74) is 1.87. The summed E-state index contributed by atoms with van der Waals surface area (Å²) in [4.78, 5) is 46.7. The maximum absolute atomic E-state index is 13.1. The first kappa shape index (κ1) is 35.6. The zero-order valence-corrected chi connectivity index (χ0v) is 28.1. The molecule has 0 aromatic heterocycles. The number of carbonyl (C=O) groups is 3. The number of hydrogen-bond donors (Lipinski definition) is 6. The van der Waals surface area contributed by atoms with Gasteiger partial charge in [0.05, 0.1) is 21.2 Å². The zero-order valence-electron chi connectivity index (χ0n) is 26.5. The fourth-order valence-electron chi connectivity index (χ4n) is 5.49. The number of allylic oxidation sites excluding steroid dienone is 14. The summed E-state index contributed by atoms with van der Waals surface area (Å²) in [6.07, 6.45) is 9.66. The second-order valence-corrected chi connectivity index (χ2v) is 14.4. The number of hydrogen-bond acceptors (Lipinski definition) is 9. The van der Waals surface area contributed by atoms with Crippen molar-refractivity contribution in [2.24, 2.45) is 9.98 Å². The van der Waals surface area contributed by atoms with Crippen LogP contribution in [0, 0.1) is 0 Å². The van der Waals surface area contributed by atoms with Crippen LogP contribution in [0.3, 0.4) is 0 Å². The first-order valence-electron chi connectivity index (χ1n) is 15.1. The van der Waals surface area contributed by atoms with Gasteiger partial charge in [-0.3, -0.25) is 18.7 Å². The first-order chi connectivity index (χ1) is 24.6. The van der Waals surface area contributed by atoms with Gasteiger partial charge < -0.3 is 20.8 Å². The lowest BCUT2D eigenvalue weighted by Crippen LogP contribution is -2.20. The third-order valence-electron chi connectivity index (χ3n) is 8.03. The molecule has 4 aliphatic carbocycles. The van der Waals surface area contributed by atoms with E-state index in [-0.39, 0.29) is 79.2 Å². The molecule has 6 N–H and O–H groups in total. The molecule has 0 unspecified atom stereocenters. The molecule has 0 saturated carbocycles. The highest BCUT2D eigenvalue weighted by Gasteiger charge is 2.29. The van der Waals surface area contributed by atoms with Crippen molar-refractivity contribution in [2.45, 2.75) is 12.8 Å². The molecule has 0 radical (unpaired) electrons. The molecule has 0 atom stereocenters. The molecule has 2 aromatic carbocycles. The Morgan fingerprint density at radius 3 is 1.38 bits per heavy atom. The summed E-state index contributed by atoms with van der Waals surface area (Å²) < 4.78 is 65.1. The van der Waals surface area contributed by atoms with E-state index in [1.165, 1.54) is 85.0 Å². The van der Waals surface area contributed by atoms with Crippen molar-refractivity contribution in [2.75, 3.05) is 10.6 Å². The van der Waals surface area contributed by atoms with E-state index in [4.69, 9.17) is 0 Å². The number of aliphatic imine (C=N–C) groups is 2. The lowest BCUT2D eigenvalue weighted by molar-refractivity contribution is 0.0995. The molecule has 15 nitrogen and oxygen atoms in total. The molecule has 0 spiro atoms. The minimum atomic E-state index is -4.49. The van der Waals surface area contributed by atoms with E-state index in [0.717, 1.165) is 12.2 Å². The predicted octanol–water partition coefficient (Wildman–Crippen LogP) is 5.46. The molecule has 264 valence electrons. The number of anilines is 2. The van der Waals surface area contributed by atoms with Crippen LogP contribution in [0.15, 0.2) is 151 Å². The summed E-state index contributed by atoms with van der Waals surface area (Å²) in [5.74, 6) is -1.88. The average molecular weight is 743 g/mol. The van der Waals surface area contributed by atoms with Crippen LogP contribution >= 0.6 is 0 Å². The number of aliphatic hydroxyl groups is 2. The first-order valence-corrected chi connectivity index (χ1v) is 18.0. The van der Waals surface area contributed by atoms with Gasteiger partial charge in [0.25, 0.3) is 32.1 Å².